The molecule has 0 saturated carbocycles. The highest BCUT2D eigenvalue weighted by atomic mass is 16.5. The van der Waals surface area contributed by atoms with Crippen molar-refractivity contribution in [2.45, 2.75) is 26.4 Å². The van der Waals surface area contributed by atoms with Gasteiger partial charge in [0.2, 0.25) is 0 Å². The lowest BCUT2D eigenvalue weighted by Crippen LogP contribution is -2.18. The van der Waals surface area contributed by atoms with E-state index in [0.29, 0.717) is 11.3 Å². The molecule has 0 spiro atoms. The first-order valence-electron chi connectivity index (χ1n) is 13.5. The molecule has 4 aromatic rings. The number of ether oxygens (including phenoxy) is 2. The summed E-state index contributed by atoms with van der Waals surface area (Å²) >= 11 is 0. The standard InChI is InChI=1S/C36H29NO4/c1-4-33(38)41-30-18-16-29(17-19-30)37(28-14-8-24(9-15-28)22-40-36(39)23(2)3)32-21-13-27-11-10-25-6-5-7-26-12-20-31(32)35(27)34(25)26/h4-6,8-12,14-21H,1-2,7,13,22H2,3H3. The van der Waals surface area contributed by atoms with Crippen LogP contribution in [0.25, 0.3) is 22.5 Å². The quantitative estimate of drug-likeness (QED) is 0.130. The highest BCUT2D eigenvalue weighted by Crippen LogP contribution is 2.43. The predicted molar refractivity (Wildman–Crippen MR) is 164 cm³/mol. The lowest BCUT2D eigenvalue weighted by atomic mass is 9.83. The molecule has 0 unspecified atom stereocenters. The van der Waals surface area contributed by atoms with E-state index < -0.39 is 11.9 Å². The summed E-state index contributed by atoms with van der Waals surface area (Å²) in [5.41, 5.74) is 9.28. The van der Waals surface area contributed by atoms with Crippen molar-refractivity contribution in [3.05, 3.63) is 138 Å². The van der Waals surface area contributed by atoms with Crippen molar-refractivity contribution in [2.24, 2.45) is 0 Å². The molecule has 0 fully saturated rings. The Morgan fingerprint density at radius 1 is 0.878 bits per heavy atom. The van der Waals surface area contributed by atoms with Crippen LogP contribution in [0.2, 0.25) is 0 Å². The van der Waals surface area contributed by atoms with E-state index in [2.05, 4.69) is 60.6 Å². The molecule has 2 aliphatic rings. The normalized spacial score (nSPS) is 12.9. The highest BCUT2D eigenvalue weighted by Gasteiger charge is 2.25. The molecule has 0 radical (unpaired) electrons. The van der Waals surface area contributed by atoms with Crippen LogP contribution in [0.1, 0.15) is 34.7 Å². The molecule has 0 heterocycles. The molecule has 0 amide bonds. The third-order valence-corrected chi connectivity index (χ3v) is 7.43. The Labute approximate surface area is 239 Å². The number of rotatable bonds is 8. The lowest BCUT2D eigenvalue weighted by molar-refractivity contribution is -0.140. The molecule has 0 N–H and O–H groups in total. The summed E-state index contributed by atoms with van der Waals surface area (Å²) in [5, 5.41) is 2.63. The van der Waals surface area contributed by atoms with E-state index in [0.717, 1.165) is 41.6 Å². The van der Waals surface area contributed by atoms with Gasteiger partial charge in [0.05, 0.1) is 5.70 Å². The van der Waals surface area contributed by atoms with Gasteiger partial charge in [-0.25, -0.2) is 9.59 Å². The van der Waals surface area contributed by atoms with E-state index in [4.69, 9.17) is 9.47 Å². The van der Waals surface area contributed by atoms with E-state index in [1.807, 2.05) is 36.4 Å². The molecule has 41 heavy (non-hydrogen) atoms. The van der Waals surface area contributed by atoms with Gasteiger partial charge in [0, 0.05) is 28.6 Å². The van der Waals surface area contributed by atoms with Crippen molar-refractivity contribution >= 4 is 45.9 Å². The van der Waals surface area contributed by atoms with Gasteiger partial charge in [0.25, 0.3) is 0 Å². The largest absolute Gasteiger partial charge is 0.457 e. The first kappa shape index (κ1) is 26.1. The zero-order valence-electron chi connectivity index (χ0n) is 22.9. The molecule has 0 atom stereocenters. The summed E-state index contributed by atoms with van der Waals surface area (Å²) in [4.78, 5) is 25.8. The number of nitrogens with zero attached hydrogens (tertiary/aromatic N) is 1. The molecule has 5 nitrogen and oxygen atoms in total. The number of carbonyl (C=O) groups is 2. The first-order valence-corrected chi connectivity index (χ1v) is 13.5. The van der Waals surface area contributed by atoms with Gasteiger partial charge in [-0.2, -0.15) is 0 Å². The highest BCUT2D eigenvalue weighted by molar-refractivity contribution is 6.07. The van der Waals surface area contributed by atoms with Crippen LogP contribution in [-0.2, 0) is 33.8 Å². The molecule has 0 aromatic heterocycles. The second-order valence-electron chi connectivity index (χ2n) is 10.2. The fourth-order valence-corrected chi connectivity index (χ4v) is 5.46. The number of allylic oxidation sites excluding steroid dienone is 2. The monoisotopic (exact) mass is 539 g/mol. The van der Waals surface area contributed by atoms with Crippen molar-refractivity contribution in [3.63, 3.8) is 0 Å². The van der Waals surface area contributed by atoms with Gasteiger partial charge in [-0.15, -0.1) is 0 Å². The summed E-state index contributed by atoms with van der Waals surface area (Å²) in [6, 6.07) is 24.4. The van der Waals surface area contributed by atoms with Crippen molar-refractivity contribution < 1.29 is 19.1 Å². The van der Waals surface area contributed by atoms with Crippen LogP contribution in [-0.4, -0.2) is 11.9 Å². The average molecular weight is 540 g/mol. The second-order valence-corrected chi connectivity index (χ2v) is 10.2. The van der Waals surface area contributed by atoms with Gasteiger partial charge in [-0.1, -0.05) is 67.8 Å². The number of hydrogen-bond donors (Lipinski definition) is 0. The van der Waals surface area contributed by atoms with Gasteiger partial charge in [0.15, 0.2) is 0 Å². The van der Waals surface area contributed by atoms with E-state index in [9.17, 15) is 9.59 Å². The molecule has 4 aromatic carbocycles. The summed E-state index contributed by atoms with van der Waals surface area (Å²) in [7, 11) is 0. The Morgan fingerprint density at radius 2 is 1.56 bits per heavy atom. The topological polar surface area (TPSA) is 55.8 Å². The Balaban J connectivity index is 1.42. The maximum atomic E-state index is 11.9. The number of carbonyl (C=O) groups excluding carboxylic acids is 2. The van der Waals surface area contributed by atoms with Gasteiger partial charge in [0.1, 0.15) is 12.4 Å². The summed E-state index contributed by atoms with van der Waals surface area (Å²) in [5.74, 6) is -0.465. The Kier molecular flexibility index (Phi) is 6.86. The van der Waals surface area contributed by atoms with E-state index in [1.54, 1.807) is 19.1 Å². The Hall–Kier alpha value is -5.16. The van der Waals surface area contributed by atoms with Gasteiger partial charge < -0.3 is 14.4 Å². The molecular weight excluding hydrogens is 510 g/mol. The minimum atomic E-state index is -0.502. The molecule has 0 aliphatic heterocycles. The minimum Gasteiger partial charge on any atom is -0.457 e. The van der Waals surface area contributed by atoms with Crippen molar-refractivity contribution in [1.29, 1.82) is 0 Å². The third kappa shape index (κ3) is 4.98. The molecule has 202 valence electrons. The molecule has 5 heteroatoms. The van der Waals surface area contributed by atoms with E-state index in [1.165, 1.54) is 33.0 Å². The molecule has 6 rings (SSSR count). The van der Waals surface area contributed by atoms with Crippen LogP contribution in [0.4, 0.5) is 11.4 Å². The SMILES string of the molecule is C=CC(=O)Oc1ccc(N(C2=CCc3ccc4c5c(ccc2c35)CC=C4)c2ccc(COC(=O)C(=C)C)cc2)cc1. The minimum absolute atomic E-state index is 0.170. The number of anilines is 2. The predicted octanol–water partition coefficient (Wildman–Crippen LogP) is 7.86. The van der Waals surface area contributed by atoms with E-state index in [-0.39, 0.29) is 6.61 Å². The average Bonchev–Trinajstić information content (AvgIpc) is 3.00. The van der Waals surface area contributed by atoms with Crippen LogP contribution in [0.5, 0.6) is 5.75 Å². The zero-order valence-corrected chi connectivity index (χ0v) is 22.9. The van der Waals surface area contributed by atoms with Crippen LogP contribution >= 0.6 is 0 Å². The summed E-state index contributed by atoms with van der Waals surface area (Å²) in [6.45, 7) is 8.92. The smallest absolute Gasteiger partial charge is 0.335 e. The third-order valence-electron chi connectivity index (χ3n) is 7.43. The molecule has 0 bridgehead atoms. The Morgan fingerprint density at radius 3 is 2.27 bits per heavy atom. The van der Waals surface area contributed by atoms with Crippen LogP contribution in [0, 0.1) is 0 Å². The van der Waals surface area contributed by atoms with Crippen molar-refractivity contribution in [2.75, 3.05) is 4.90 Å². The van der Waals surface area contributed by atoms with Crippen molar-refractivity contribution in [1.82, 2.24) is 0 Å². The molecule has 2 aliphatic carbocycles. The number of hydrogen-bond acceptors (Lipinski definition) is 5. The lowest BCUT2D eigenvalue weighted by Gasteiger charge is -2.32. The van der Waals surface area contributed by atoms with Crippen LogP contribution < -0.4 is 9.64 Å². The number of esters is 2. The molecular formula is C36H29NO4. The first-order chi connectivity index (χ1) is 19.9. The fourth-order valence-electron chi connectivity index (χ4n) is 5.46. The molecule has 0 saturated heterocycles. The van der Waals surface area contributed by atoms with Crippen LogP contribution in [0.3, 0.4) is 0 Å². The summed E-state index contributed by atoms with van der Waals surface area (Å²) < 4.78 is 10.7. The van der Waals surface area contributed by atoms with Gasteiger partial charge >= 0.3 is 11.9 Å². The maximum absolute atomic E-state index is 11.9. The Bertz CT molecular complexity index is 1780. The van der Waals surface area contributed by atoms with Crippen molar-refractivity contribution in [3.8, 4) is 5.75 Å². The van der Waals surface area contributed by atoms with Gasteiger partial charge in [-0.05, 0) is 89.2 Å². The summed E-state index contributed by atoms with van der Waals surface area (Å²) in [6.07, 6.45) is 9.60. The second kappa shape index (κ2) is 10.8. The van der Waals surface area contributed by atoms with Gasteiger partial charge in [-0.3, -0.25) is 0 Å². The fraction of sp³-hybridized carbons (Fsp3) is 0.111. The maximum Gasteiger partial charge on any atom is 0.335 e. The van der Waals surface area contributed by atoms with Crippen LogP contribution in [0.15, 0.2) is 110 Å². The number of benzene rings is 4. The zero-order chi connectivity index (χ0) is 28.5. The van der Waals surface area contributed by atoms with E-state index >= 15 is 0 Å².